The highest BCUT2D eigenvalue weighted by Gasteiger charge is 2.76. The molecule has 1 aromatic rings. The molecule has 1 aromatic heterocycles. The van der Waals surface area contributed by atoms with Gasteiger partial charge < -0.3 is 25.2 Å². The molecular weight excluding hydrogens is 517 g/mol. The van der Waals surface area contributed by atoms with E-state index in [4.69, 9.17) is 4.74 Å². The van der Waals surface area contributed by atoms with Crippen molar-refractivity contribution in [2.75, 3.05) is 6.61 Å². The molecule has 0 aliphatic heterocycles. The van der Waals surface area contributed by atoms with E-state index in [1.54, 1.807) is 19.1 Å². The second-order valence-corrected chi connectivity index (χ2v) is 12.7. The second-order valence-electron chi connectivity index (χ2n) is 12.7. The molecule has 4 aliphatic carbocycles. The van der Waals surface area contributed by atoms with Crippen LogP contribution in [0.15, 0.2) is 23.3 Å². The van der Waals surface area contributed by atoms with Gasteiger partial charge in [0.1, 0.15) is 23.8 Å². The number of halogens is 3. The smallest absolute Gasteiger partial charge is 0.408 e. The monoisotopic (exact) mass is 554 g/mol. The first kappa shape index (κ1) is 28.3. The van der Waals surface area contributed by atoms with Crippen molar-refractivity contribution in [1.82, 2.24) is 9.78 Å². The summed E-state index contributed by atoms with van der Waals surface area (Å²) in [5, 5.41) is 50.2. The molecule has 0 radical (unpaired) electrons. The third-order valence-electron chi connectivity index (χ3n) is 10.3. The van der Waals surface area contributed by atoms with E-state index in [-0.39, 0.29) is 45.7 Å². The average Bonchev–Trinajstić information content (AvgIpc) is 3.16. The molecule has 8 nitrogen and oxygen atoms in total. The fourth-order valence-electron chi connectivity index (χ4n) is 8.38. The number of aliphatic hydroxyl groups excluding tert-OH is 3. The molecule has 0 amide bonds. The molecule has 5 rings (SSSR count). The molecule has 39 heavy (non-hydrogen) atoms. The van der Waals surface area contributed by atoms with Crippen LogP contribution in [0, 0.1) is 48.3 Å². The Morgan fingerprint density at radius 1 is 1.23 bits per heavy atom. The van der Waals surface area contributed by atoms with Crippen LogP contribution in [0.4, 0.5) is 13.2 Å². The third-order valence-corrected chi connectivity index (χ3v) is 10.3. The molecule has 2 bridgehead atoms. The normalized spacial score (nSPS) is 40.6. The van der Waals surface area contributed by atoms with Crippen molar-refractivity contribution in [2.45, 2.75) is 84.6 Å². The number of fused-ring (bicyclic) bond motifs is 3. The number of aryl methyl sites for hydroxylation is 1. The molecule has 0 aromatic carbocycles. The summed E-state index contributed by atoms with van der Waals surface area (Å²) in [6.07, 6.45) is -4.77. The Balaban J connectivity index is 1.58. The van der Waals surface area contributed by atoms with Gasteiger partial charge in [0.2, 0.25) is 0 Å². The number of ether oxygens (including phenoxy) is 1. The van der Waals surface area contributed by atoms with Gasteiger partial charge in [-0.1, -0.05) is 32.9 Å². The van der Waals surface area contributed by atoms with Crippen LogP contribution >= 0.6 is 0 Å². The first-order valence-corrected chi connectivity index (χ1v) is 13.3. The van der Waals surface area contributed by atoms with Gasteiger partial charge in [-0.05, 0) is 61.5 Å². The zero-order valence-electron chi connectivity index (χ0n) is 23.0. The van der Waals surface area contributed by atoms with Gasteiger partial charge in [0.25, 0.3) is 0 Å². The molecule has 2 saturated carbocycles. The van der Waals surface area contributed by atoms with Gasteiger partial charge in [-0.15, -0.1) is 0 Å². The lowest BCUT2D eigenvalue weighted by Gasteiger charge is -2.52. The van der Waals surface area contributed by atoms with Crippen molar-refractivity contribution >= 4 is 5.97 Å². The van der Waals surface area contributed by atoms with Gasteiger partial charge in [-0.25, -0.2) is 4.79 Å². The summed E-state index contributed by atoms with van der Waals surface area (Å²) in [4.78, 5) is 13.5. The highest BCUT2D eigenvalue weighted by molar-refractivity contribution is 5.92. The molecule has 4 aliphatic rings. The van der Waals surface area contributed by atoms with Crippen LogP contribution in [0.25, 0.3) is 0 Å². The maximum absolute atomic E-state index is 13.5. The zero-order chi connectivity index (χ0) is 29.0. The fourth-order valence-corrected chi connectivity index (χ4v) is 8.38. The van der Waals surface area contributed by atoms with Crippen molar-refractivity contribution < 1.29 is 43.1 Å². The van der Waals surface area contributed by atoms with Crippen LogP contribution in [0.3, 0.4) is 0 Å². The molecule has 2 fully saturated rings. The molecule has 1 unspecified atom stereocenters. The van der Waals surface area contributed by atoms with E-state index in [9.17, 15) is 38.4 Å². The van der Waals surface area contributed by atoms with Crippen LogP contribution in [-0.4, -0.2) is 72.9 Å². The van der Waals surface area contributed by atoms with Crippen LogP contribution in [-0.2, 0) is 11.3 Å². The van der Waals surface area contributed by atoms with E-state index in [2.05, 4.69) is 18.9 Å². The highest BCUT2D eigenvalue weighted by atomic mass is 19.4. The molecule has 11 heteroatoms. The Hall–Kier alpha value is -2.21. The van der Waals surface area contributed by atoms with E-state index < -0.39 is 60.5 Å². The molecule has 0 saturated heterocycles. The minimum Gasteiger partial charge on any atom is -0.451 e. The average molecular weight is 555 g/mol. The summed E-state index contributed by atoms with van der Waals surface area (Å²) in [5.41, 5.74) is -3.35. The number of alkyl halides is 3. The maximum atomic E-state index is 13.5. The standard InChI is InChI=1S/C28H37F3N2O6/c1-12-9-26-13(2)7-18-20(25(18,5)6)17(22(26)36)8-16(10-34)21(35)28(26,38)23(12)39-24(37)19-14(3)32-33(15(19)4)11-27(29,30)31/h8-9,13,17-18,20-23,34-36,38H,7,10-11H2,1-6H3/t13-,17+,18-,20+,21-,22?,23+,26+,28+/m1/s1. The van der Waals surface area contributed by atoms with E-state index in [0.29, 0.717) is 16.7 Å². The van der Waals surface area contributed by atoms with Gasteiger partial charge in [0, 0.05) is 5.92 Å². The summed E-state index contributed by atoms with van der Waals surface area (Å²) >= 11 is 0. The quantitative estimate of drug-likeness (QED) is 0.333. The van der Waals surface area contributed by atoms with Crippen molar-refractivity contribution in [3.05, 3.63) is 40.2 Å². The lowest BCUT2D eigenvalue weighted by Crippen LogP contribution is -2.66. The number of carbonyl (C=O) groups is 1. The lowest BCUT2D eigenvalue weighted by molar-refractivity contribution is -0.215. The number of rotatable bonds is 4. The van der Waals surface area contributed by atoms with Gasteiger partial charge in [0.15, 0.2) is 6.10 Å². The predicted octanol–water partition coefficient (Wildman–Crippen LogP) is 2.85. The second kappa shape index (κ2) is 8.64. The third kappa shape index (κ3) is 3.72. The first-order valence-electron chi connectivity index (χ1n) is 13.3. The van der Waals surface area contributed by atoms with Crippen molar-refractivity contribution in [2.24, 2.45) is 34.5 Å². The van der Waals surface area contributed by atoms with Crippen molar-refractivity contribution in [3.8, 4) is 0 Å². The number of hydrogen-bond donors (Lipinski definition) is 4. The van der Waals surface area contributed by atoms with Gasteiger partial charge in [0.05, 0.1) is 29.5 Å². The first-order chi connectivity index (χ1) is 17.9. The largest absolute Gasteiger partial charge is 0.451 e. The van der Waals surface area contributed by atoms with Gasteiger partial charge in [-0.3, -0.25) is 4.68 Å². The Bertz CT molecular complexity index is 1270. The lowest BCUT2D eigenvalue weighted by atomic mass is 9.58. The number of nitrogens with zero attached hydrogens (tertiary/aromatic N) is 2. The SMILES string of the molecule is CC1=C[C@]23C(O)[C@@H](C=C(CO)[C@@H](O)[C@]2(O)[C@H]1OC(=O)c1c(C)nn(CC(F)(F)F)c1C)[C@H]1[C@@H](C[C@H]3C)C1(C)C. The van der Waals surface area contributed by atoms with E-state index >= 15 is 0 Å². The number of aromatic nitrogens is 2. The van der Waals surface area contributed by atoms with E-state index in [1.165, 1.54) is 13.8 Å². The van der Waals surface area contributed by atoms with Crippen molar-refractivity contribution in [1.29, 1.82) is 0 Å². The molecule has 4 N–H and O–H groups in total. The topological polar surface area (TPSA) is 125 Å². The zero-order valence-corrected chi connectivity index (χ0v) is 23.0. The van der Waals surface area contributed by atoms with Crippen LogP contribution in [0.2, 0.25) is 0 Å². The molecule has 9 atom stereocenters. The van der Waals surface area contributed by atoms with E-state index in [0.717, 1.165) is 0 Å². The highest BCUT2D eigenvalue weighted by Crippen LogP contribution is 2.72. The van der Waals surface area contributed by atoms with Gasteiger partial charge >= 0.3 is 12.1 Å². The van der Waals surface area contributed by atoms with Crippen LogP contribution in [0.5, 0.6) is 0 Å². The maximum Gasteiger partial charge on any atom is 0.408 e. The molecular formula is C28H37F3N2O6. The Labute approximate surface area is 225 Å². The van der Waals surface area contributed by atoms with Crippen LogP contribution in [0.1, 0.15) is 55.9 Å². The van der Waals surface area contributed by atoms with Crippen LogP contribution < -0.4 is 0 Å². The number of carbonyl (C=O) groups excluding carboxylic acids is 1. The summed E-state index contributed by atoms with van der Waals surface area (Å²) < 4.78 is 45.6. The number of esters is 1. The molecule has 1 heterocycles. The molecule has 216 valence electrons. The van der Waals surface area contributed by atoms with Crippen molar-refractivity contribution in [3.63, 3.8) is 0 Å². The number of aliphatic hydroxyl groups is 4. The number of hydrogen-bond acceptors (Lipinski definition) is 7. The minimum absolute atomic E-state index is 0.0330. The van der Waals surface area contributed by atoms with E-state index in [1.807, 2.05) is 6.92 Å². The summed E-state index contributed by atoms with van der Waals surface area (Å²) in [6.45, 7) is 8.57. The Kier molecular flexibility index (Phi) is 6.28. The minimum atomic E-state index is -4.55. The Morgan fingerprint density at radius 2 is 1.87 bits per heavy atom. The van der Waals surface area contributed by atoms with Gasteiger partial charge in [-0.2, -0.15) is 18.3 Å². The predicted molar refractivity (Wildman–Crippen MR) is 133 cm³/mol. The summed E-state index contributed by atoms with van der Waals surface area (Å²) in [5.74, 6) is -1.46. The fraction of sp³-hybridized carbons (Fsp3) is 0.714. The Morgan fingerprint density at radius 3 is 2.46 bits per heavy atom. The summed E-state index contributed by atoms with van der Waals surface area (Å²) in [7, 11) is 0. The summed E-state index contributed by atoms with van der Waals surface area (Å²) in [6, 6.07) is 0. The molecule has 1 spiro atoms.